The molecule has 1 aliphatic rings. The summed E-state index contributed by atoms with van der Waals surface area (Å²) in [6.45, 7) is 1.19. The smallest absolute Gasteiger partial charge is 0.252 e. The maximum atomic E-state index is 13.2. The molecule has 1 amide bonds. The summed E-state index contributed by atoms with van der Waals surface area (Å²) in [4.78, 5) is 15.0. The number of likely N-dealkylation sites (tertiary alicyclic amines) is 1. The van der Waals surface area contributed by atoms with Crippen LogP contribution in [-0.2, 0) is 4.79 Å². The Labute approximate surface area is 141 Å². The third kappa shape index (κ3) is 3.34. The number of carbonyl (C=O) groups is 1. The van der Waals surface area contributed by atoms with Crippen molar-refractivity contribution in [1.29, 1.82) is 0 Å². The number of aliphatic hydroxyl groups excluding tert-OH is 2. The van der Waals surface area contributed by atoms with Gasteiger partial charge >= 0.3 is 0 Å². The summed E-state index contributed by atoms with van der Waals surface area (Å²) in [6.07, 6.45) is 4.06. The molecule has 1 fully saturated rings. The Morgan fingerprint density at radius 2 is 1.92 bits per heavy atom. The molecule has 0 radical (unpaired) electrons. The Morgan fingerprint density at radius 1 is 1.17 bits per heavy atom. The Balaban J connectivity index is 1.85. The van der Waals surface area contributed by atoms with Crippen molar-refractivity contribution in [3.8, 4) is 0 Å². The van der Waals surface area contributed by atoms with E-state index in [9.17, 15) is 15.0 Å². The van der Waals surface area contributed by atoms with Crippen molar-refractivity contribution >= 4 is 5.91 Å². The number of rotatable bonds is 6. The monoisotopic (exact) mass is 329 g/mol. The molecule has 3 unspecified atom stereocenters. The maximum absolute atomic E-state index is 13.2. The van der Waals surface area contributed by atoms with Gasteiger partial charge in [-0.15, -0.1) is 0 Å². The summed E-state index contributed by atoms with van der Waals surface area (Å²) < 4.78 is 1.67. The highest BCUT2D eigenvalue weighted by Crippen LogP contribution is 2.29. The van der Waals surface area contributed by atoms with Crippen LogP contribution in [0.4, 0.5) is 0 Å². The van der Waals surface area contributed by atoms with E-state index in [-0.39, 0.29) is 31.0 Å². The molecule has 3 rings (SSSR count). The number of aliphatic hydroxyl groups is 2. The second-order valence-electron chi connectivity index (χ2n) is 6.26. The molecule has 1 saturated heterocycles. The molecule has 1 aromatic carbocycles. The highest BCUT2D eigenvalue weighted by atomic mass is 16.3. The standard InChI is InChI=1S/C18H23N3O3/c22-10-7-15-11-20(12-16(15)13-23)18(24)17(21-9-4-8-19-21)14-5-2-1-3-6-14/h1-6,8-9,15-17,22-23H,7,10-13H2. The van der Waals surface area contributed by atoms with Gasteiger partial charge in [0, 0.05) is 44.6 Å². The van der Waals surface area contributed by atoms with Crippen LogP contribution in [0.3, 0.4) is 0 Å². The van der Waals surface area contributed by atoms with Gasteiger partial charge in [-0.3, -0.25) is 9.48 Å². The fourth-order valence-corrected chi connectivity index (χ4v) is 3.47. The number of amides is 1. The fraction of sp³-hybridized carbons (Fsp3) is 0.444. The van der Waals surface area contributed by atoms with Crippen molar-refractivity contribution in [2.75, 3.05) is 26.3 Å². The van der Waals surface area contributed by atoms with Crippen molar-refractivity contribution in [3.05, 3.63) is 54.4 Å². The van der Waals surface area contributed by atoms with Crippen LogP contribution in [0, 0.1) is 11.8 Å². The van der Waals surface area contributed by atoms with Crippen LogP contribution in [0.1, 0.15) is 18.0 Å². The first-order valence-corrected chi connectivity index (χ1v) is 8.29. The molecule has 6 heteroatoms. The fourth-order valence-electron chi connectivity index (χ4n) is 3.47. The van der Waals surface area contributed by atoms with E-state index in [1.807, 2.05) is 30.3 Å². The van der Waals surface area contributed by atoms with Crippen LogP contribution < -0.4 is 0 Å². The third-order valence-electron chi connectivity index (χ3n) is 4.76. The first-order chi connectivity index (χ1) is 11.7. The lowest BCUT2D eigenvalue weighted by Gasteiger charge is -2.24. The number of nitrogens with zero attached hydrogens (tertiary/aromatic N) is 3. The molecule has 128 valence electrons. The molecule has 0 aliphatic carbocycles. The topological polar surface area (TPSA) is 78.6 Å². The summed E-state index contributed by atoms with van der Waals surface area (Å²) in [5.74, 6) is 0.136. The van der Waals surface area contributed by atoms with Gasteiger partial charge in [0.25, 0.3) is 5.91 Å². The minimum Gasteiger partial charge on any atom is -0.396 e. The summed E-state index contributed by atoms with van der Waals surface area (Å²) in [5.41, 5.74) is 0.886. The van der Waals surface area contributed by atoms with E-state index in [4.69, 9.17) is 0 Å². The van der Waals surface area contributed by atoms with Gasteiger partial charge in [0.05, 0.1) is 0 Å². The molecule has 3 atom stereocenters. The normalized spacial score (nSPS) is 21.8. The van der Waals surface area contributed by atoms with E-state index in [1.165, 1.54) is 0 Å². The number of aromatic nitrogens is 2. The first-order valence-electron chi connectivity index (χ1n) is 8.29. The highest BCUT2D eigenvalue weighted by Gasteiger charge is 2.37. The van der Waals surface area contributed by atoms with E-state index in [2.05, 4.69) is 5.10 Å². The summed E-state index contributed by atoms with van der Waals surface area (Å²) in [7, 11) is 0. The zero-order chi connectivity index (χ0) is 16.9. The van der Waals surface area contributed by atoms with E-state index in [0.717, 1.165) is 5.56 Å². The maximum Gasteiger partial charge on any atom is 0.252 e. The van der Waals surface area contributed by atoms with Gasteiger partial charge in [-0.1, -0.05) is 30.3 Å². The van der Waals surface area contributed by atoms with E-state index in [0.29, 0.717) is 19.5 Å². The van der Waals surface area contributed by atoms with Crippen LogP contribution >= 0.6 is 0 Å². The molecule has 2 aromatic rings. The molecule has 0 saturated carbocycles. The molecule has 24 heavy (non-hydrogen) atoms. The summed E-state index contributed by atoms with van der Waals surface area (Å²) >= 11 is 0. The van der Waals surface area contributed by atoms with Crippen molar-refractivity contribution < 1.29 is 15.0 Å². The van der Waals surface area contributed by atoms with Crippen LogP contribution in [0.5, 0.6) is 0 Å². The zero-order valence-electron chi connectivity index (χ0n) is 13.5. The summed E-state index contributed by atoms with van der Waals surface area (Å²) in [6, 6.07) is 10.9. The second-order valence-corrected chi connectivity index (χ2v) is 6.26. The number of hydrogen-bond acceptors (Lipinski definition) is 4. The van der Waals surface area contributed by atoms with E-state index in [1.54, 1.807) is 28.0 Å². The number of hydrogen-bond donors (Lipinski definition) is 2. The van der Waals surface area contributed by atoms with Crippen LogP contribution in [-0.4, -0.2) is 57.1 Å². The molecule has 2 heterocycles. The molecule has 0 bridgehead atoms. The predicted octanol–water partition coefficient (Wildman–Crippen LogP) is 0.922. The Bertz CT molecular complexity index is 645. The predicted molar refractivity (Wildman–Crippen MR) is 89.2 cm³/mol. The van der Waals surface area contributed by atoms with Crippen molar-refractivity contribution in [3.63, 3.8) is 0 Å². The van der Waals surface area contributed by atoms with Crippen LogP contribution in [0.25, 0.3) is 0 Å². The van der Waals surface area contributed by atoms with E-state index >= 15 is 0 Å². The third-order valence-corrected chi connectivity index (χ3v) is 4.76. The molecule has 1 aromatic heterocycles. The van der Waals surface area contributed by atoms with Gasteiger partial charge < -0.3 is 15.1 Å². The molecule has 6 nitrogen and oxygen atoms in total. The number of benzene rings is 1. The minimum atomic E-state index is -0.506. The van der Waals surface area contributed by atoms with Gasteiger partial charge in [0.15, 0.2) is 6.04 Å². The Kier molecular flexibility index (Phi) is 5.27. The van der Waals surface area contributed by atoms with E-state index < -0.39 is 6.04 Å². The second kappa shape index (κ2) is 7.59. The van der Waals surface area contributed by atoms with Gasteiger partial charge in [0.1, 0.15) is 0 Å². The molecule has 2 N–H and O–H groups in total. The van der Waals surface area contributed by atoms with Gasteiger partial charge in [-0.05, 0) is 24.0 Å². The molecule has 1 aliphatic heterocycles. The van der Waals surface area contributed by atoms with Gasteiger partial charge in [0.2, 0.25) is 0 Å². The quantitative estimate of drug-likeness (QED) is 0.826. The summed E-state index contributed by atoms with van der Waals surface area (Å²) in [5, 5.41) is 23.0. The lowest BCUT2D eigenvalue weighted by Crippen LogP contribution is -2.37. The van der Waals surface area contributed by atoms with Crippen LogP contribution in [0.2, 0.25) is 0 Å². The molecule has 0 spiro atoms. The van der Waals surface area contributed by atoms with Crippen molar-refractivity contribution in [1.82, 2.24) is 14.7 Å². The average molecular weight is 329 g/mol. The lowest BCUT2D eigenvalue weighted by atomic mass is 9.94. The lowest BCUT2D eigenvalue weighted by molar-refractivity contribution is -0.133. The Morgan fingerprint density at radius 3 is 2.54 bits per heavy atom. The van der Waals surface area contributed by atoms with Crippen molar-refractivity contribution in [2.24, 2.45) is 11.8 Å². The average Bonchev–Trinajstić information content (AvgIpc) is 3.26. The largest absolute Gasteiger partial charge is 0.396 e. The zero-order valence-corrected chi connectivity index (χ0v) is 13.5. The first kappa shape index (κ1) is 16.7. The SMILES string of the molecule is O=C(C(c1ccccc1)n1cccn1)N1CC(CO)C(CCO)C1. The van der Waals surface area contributed by atoms with Crippen LogP contribution in [0.15, 0.2) is 48.8 Å². The number of carbonyl (C=O) groups excluding carboxylic acids is 1. The molecular formula is C18H23N3O3. The highest BCUT2D eigenvalue weighted by molar-refractivity contribution is 5.84. The molecular weight excluding hydrogens is 306 g/mol. The Hall–Kier alpha value is -2.18. The minimum absolute atomic E-state index is 0.0233. The van der Waals surface area contributed by atoms with Gasteiger partial charge in [-0.2, -0.15) is 5.10 Å². The van der Waals surface area contributed by atoms with Gasteiger partial charge in [-0.25, -0.2) is 0 Å². The van der Waals surface area contributed by atoms with Crippen molar-refractivity contribution in [2.45, 2.75) is 12.5 Å².